The number of amides is 1. The minimum atomic E-state index is -0.155. The Morgan fingerprint density at radius 1 is 1.12 bits per heavy atom. The van der Waals surface area contributed by atoms with Crippen molar-refractivity contribution in [2.24, 2.45) is 5.92 Å². The molecule has 1 unspecified atom stereocenters. The lowest BCUT2D eigenvalue weighted by Crippen LogP contribution is -2.35. The molecule has 1 aliphatic rings. The fraction of sp³-hybridized carbons (Fsp3) is 0.320. The minimum absolute atomic E-state index is 0.00787. The van der Waals surface area contributed by atoms with Gasteiger partial charge in [0.2, 0.25) is 5.91 Å². The highest BCUT2D eigenvalue weighted by molar-refractivity contribution is 5.80. The van der Waals surface area contributed by atoms with Crippen LogP contribution in [0.5, 0.6) is 11.5 Å². The molecule has 1 aromatic heterocycles. The maximum absolute atomic E-state index is 12.6. The van der Waals surface area contributed by atoms with Crippen LogP contribution in [0, 0.1) is 5.92 Å². The second kappa shape index (κ2) is 10.7. The van der Waals surface area contributed by atoms with Crippen LogP contribution in [0.1, 0.15) is 12.0 Å². The fourth-order valence-electron chi connectivity index (χ4n) is 3.90. The van der Waals surface area contributed by atoms with Gasteiger partial charge in [-0.2, -0.15) is 5.10 Å². The number of carbonyl (C=O) groups excluding carboxylic acids is 1. The van der Waals surface area contributed by atoms with Gasteiger partial charge in [0.1, 0.15) is 6.61 Å². The number of rotatable bonds is 9. The van der Waals surface area contributed by atoms with Crippen molar-refractivity contribution in [3.05, 3.63) is 82.8 Å². The Kier molecular flexibility index (Phi) is 7.24. The molecule has 2 heterocycles. The molecule has 8 nitrogen and oxygen atoms in total. The summed E-state index contributed by atoms with van der Waals surface area (Å²) in [4.78, 5) is 27.1. The smallest absolute Gasteiger partial charge is 0.269 e. The molecule has 0 bridgehead atoms. The molecule has 0 spiro atoms. The Bertz CT molecular complexity index is 1130. The molecule has 1 saturated heterocycles. The molecule has 8 heteroatoms. The number of nitrogens with one attached hydrogen (secondary N) is 1. The Morgan fingerprint density at radius 3 is 2.64 bits per heavy atom. The summed E-state index contributed by atoms with van der Waals surface area (Å²) in [5, 5.41) is 7.27. The van der Waals surface area contributed by atoms with Crippen LogP contribution in [0.2, 0.25) is 0 Å². The molecule has 1 aliphatic heterocycles. The van der Waals surface area contributed by atoms with Crippen LogP contribution in [-0.2, 0) is 11.3 Å². The van der Waals surface area contributed by atoms with Gasteiger partial charge in [-0.3, -0.25) is 9.59 Å². The van der Waals surface area contributed by atoms with Crippen molar-refractivity contribution < 1.29 is 14.3 Å². The number of nitrogens with zero attached hydrogens (tertiary/aromatic N) is 3. The summed E-state index contributed by atoms with van der Waals surface area (Å²) in [6, 6.07) is 18.8. The predicted molar refractivity (Wildman–Crippen MR) is 126 cm³/mol. The number of para-hydroxylation sites is 2. The third-order valence-electron chi connectivity index (χ3n) is 5.68. The first kappa shape index (κ1) is 22.4. The van der Waals surface area contributed by atoms with Gasteiger partial charge in [0.05, 0.1) is 38.0 Å². The number of methoxy groups -OCH3 is 1. The van der Waals surface area contributed by atoms with Crippen LogP contribution in [0.15, 0.2) is 71.7 Å². The Balaban J connectivity index is 1.26. The van der Waals surface area contributed by atoms with Gasteiger partial charge < -0.3 is 19.7 Å². The molecule has 0 radical (unpaired) electrons. The molecule has 3 aromatic rings. The standard InChI is InChI=1S/C25H28N4O4/c1-32-22-9-5-6-10-23(22)33-14-12-26-25(31)20-11-13-28(18-20)21-15-24(30)29(27-16-21)17-19-7-3-2-4-8-19/h2-10,15-16,20H,11-14,17-18H2,1H3,(H,26,31). The summed E-state index contributed by atoms with van der Waals surface area (Å²) >= 11 is 0. The molecule has 0 saturated carbocycles. The summed E-state index contributed by atoms with van der Waals surface area (Å²) < 4.78 is 12.4. The van der Waals surface area contributed by atoms with Gasteiger partial charge in [0.25, 0.3) is 5.56 Å². The topological polar surface area (TPSA) is 85.7 Å². The summed E-state index contributed by atoms with van der Waals surface area (Å²) in [7, 11) is 1.59. The molecule has 1 amide bonds. The highest BCUT2D eigenvalue weighted by atomic mass is 16.5. The number of aromatic nitrogens is 2. The maximum Gasteiger partial charge on any atom is 0.269 e. The largest absolute Gasteiger partial charge is 0.493 e. The molecule has 172 valence electrons. The van der Waals surface area contributed by atoms with Gasteiger partial charge in [0.15, 0.2) is 11.5 Å². The number of anilines is 1. The molecule has 2 aromatic carbocycles. The second-order valence-corrected chi connectivity index (χ2v) is 7.92. The molecule has 4 rings (SSSR count). The lowest BCUT2D eigenvalue weighted by molar-refractivity contribution is -0.124. The van der Waals surface area contributed by atoms with E-state index in [4.69, 9.17) is 9.47 Å². The highest BCUT2D eigenvalue weighted by Gasteiger charge is 2.28. The van der Waals surface area contributed by atoms with Crippen molar-refractivity contribution in [3.63, 3.8) is 0 Å². The van der Waals surface area contributed by atoms with Gasteiger partial charge >= 0.3 is 0 Å². The number of hydrogen-bond acceptors (Lipinski definition) is 6. The van der Waals surface area contributed by atoms with Crippen molar-refractivity contribution in [2.45, 2.75) is 13.0 Å². The van der Waals surface area contributed by atoms with E-state index in [-0.39, 0.29) is 17.4 Å². The average Bonchev–Trinajstić information content (AvgIpc) is 3.34. The van der Waals surface area contributed by atoms with E-state index in [9.17, 15) is 9.59 Å². The Morgan fingerprint density at radius 2 is 1.88 bits per heavy atom. The van der Waals surface area contributed by atoms with Crippen molar-refractivity contribution in [1.82, 2.24) is 15.1 Å². The quantitative estimate of drug-likeness (QED) is 0.506. The zero-order valence-corrected chi connectivity index (χ0v) is 18.6. The average molecular weight is 449 g/mol. The van der Waals surface area contributed by atoms with E-state index in [1.165, 1.54) is 4.68 Å². The van der Waals surface area contributed by atoms with Crippen LogP contribution >= 0.6 is 0 Å². The van der Waals surface area contributed by atoms with Crippen molar-refractivity contribution in [3.8, 4) is 11.5 Å². The second-order valence-electron chi connectivity index (χ2n) is 7.92. The Labute approximate surface area is 192 Å². The van der Waals surface area contributed by atoms with Crippen LogP contribution in [0.25, 0.3) is 0 Å². The number of hydrogen-bond donors (Lipinski definition) is 1. The predicted octanol–water partition coefficient (Wildman–Crippen LogP) is 2.32. The summed E-state index contributed by atoms with van der Waals surface area (Å²) in [6.45, 7) is 2.46. The summed E-state index contributed by atoms with van der Waals surface area (Å²) in [5.41, 5.74) is 1.62. The summed E-state index contributed by atoms with van der Waals surface area (Å²) in [6.07, 6.45) is 2.43. The van der Waals surface area contributed by atoms with E-state index in [1.807, 2.05) is 59.5 Å². The van der Waals surface area contributed by atoms with Gasteiger partial charge in [-0.05, 0) is 24.1 Å². The zero-order valence-electron chi connectivity index (χ0n) is 18.6. The molecule has 33 heavy (non-hydrogen) atoms. The molecular weight excluding hydrogens is 420 g/mol. The van der Waals surface area contributed by atoms with Crippen molar-refractivity contribution >= 4 is 11.6 Å². The van der Waals surface area contributed by atoms with Crippen molar-refractivity contribution in [1.29, 1.82) is 0 Å². The maximum atomic E-state index is 12.6. The molecule has 1 atom stereocenters. The van der Waals surface area contributed by atoms with Crippen LogP contribution in [0.4, 0.5) is 5.69 Å². The van der Waals surface area contributed by atoms with Crippen LogP contribution in [0.3, 0.4) is 0 Å². The van der Waals surface area contributed by atoms with E-state index in [2.05, 4.69) is 10.4 Å². The summed E-state index contributed by atoms with van der Waals surface area (Å²) in [5.74, 6) is 1.17. The highest BCUT2D eigenvalue weighted by Crippen LogP contribution is 2.25. The SMILES string of the molecule is COc1ccccc1OCCNC(=O)C1CCN(c2cnn(Cc3ccccc3)c(=O)c2)C1. The minimum Gasteiger partial charge on any atom is -0.493 e. The first-order valence-corrected chi connectivity index (χ1v) is 11.0. The lowest BCUT2D eigenvalue weighted by atomic mass is 10.1. The third-order valence-corrected chi connectivity index (χ3v) is 5.68. The zero-order chi connectivity index (χ0) is 23.0. The number of ether oxygens (including phenoxy) is 2. The molecular formula is C25H28N4O4. The lowest BCUT2D eigenvalue weighted by Gasteiger charge is -2.18. The molecule has 0 aliphatic carbocycles. The monoisotopic (exact) mass is 448 g/mol. The van der Waals surface area contributed by atoms with Gasteiger partial charge in [-0.25, -0.2) is 4.68 Å². The number of benzene rings is 2. The first-order chi connectivity index (χ1) is 16.1. The fourth-order valence-corrected chi connectivity index (χ4v) is 3.90. The third kappa shape index (κ3) is 5.71. The van der Waals surface area contributed by atoms with E-state index >= 15 is 0 Å². The Hall–Kier alpha value is -3.81. The van der Waals surface area contributed by atoms with E-state index in [1.54, 1.807) is 19.4 Å². The van der Waals surface area contributed by atoms with Gasteiger partial charge in [-0.1, -0.05) is 42.5 Å². The van der Waals surface area contributed by atoms with Gasteiger partial charge in [-0.15, -0.1) is 0 Å². The van der Waals surface area contributed by atoms with E-state index < -0.39 is 0 Å². The van der Waals surface area contributed by atoms with E-state index in [0.29, 0.717) is 44.3 Å². The van der Waals surface area contributed by atoms with Gasteiger partial charge in [0, 0.05) is 19.2 Å². The van der Waals surface area contributed by atoms with Crippen LogP contribution < -0.4 is 25.2 Å². The van der Waals surface area contributed by atoms with E-state index in [0.717, 1.165) is 17.7 Å². The molecule has 1 N–H and O–H groups in total. The first-order valence-electron chi connectivity index (χ1n) is 11.0. The van der Waals surface area contributed by atoms with Crippen molar-refractivity contribution in [2.75, 3.05) is 38.3 Å². The number of carbonyl (C=O) groups is 1. The molecule has 1 fully saturated rings. The normalized spacial score (nSPS) is 15.3. The van der Waals surface area contributed by atoms with Crippen LogP contribution in [-0.4, -0.2) is 49.0 Å².